The van der Waals surface area contributed by atoms with Gasteiger partial charge in [-0.2, -0.15) is 18.3 Å². The number of ether oxygens (including phenoxy) is 2. The maximum Gasteiger partial charge on any atom is 0.426 e. The van der Waals surface area contributed by atoms with Gasteiger partial charge in [-0.25, -0.2) is 18.4 Å². The molecule has 2 N–H and O–H groups in total. The van der Waals surface area contributed by atoms with Crippen LogP contribution in [-0.2, 0) is 22.2 Å². The Kier molecular flexibility index (Phi) is 7.95. The number of nitrogens with zero attached hydrogens (tertiary/aromatic N) is 7. The second-order valence-corrected chi connectivity index (χ2v) is 10.9. The fourth-order valence-corrected chi connectivity index (χ4v) is 5.26. The zero-order chi connectivity index (χ0) is 30.2. The first kappa shape index (κ1) is 29.7. The third kappa shape index (κ3) is 5.29. The van der Waals surface area contributed by atoms with Crippen LogP contribution in [0, 0.1) is 6.92 Å². The van der Waals surface area contributed by atoms with Crippen molar-refractivity contribution in [3.63, 3.8) is 0 Å². The number of benzene rings is 1. The molecule has 1 aromatic carbocycles. The van der Waals surface area contributed by atoms with Crippen molar-refractivity contribution in [2.45, 2.75) is 44.3 Å². The molecule has 0 aliphatic carbocycles. The molecule has 4 rings (SSSR count). The van der Waals surface area contributed by atoms with Gasteiger partial charge in [0.25, 0.3) is 0 Å². The first-order chi connectivity index (χ1) is 19.3. The smallest absolute Gasteiger partial charge is 0.426 e. The van der Waals surface area contributed by atoms with Crippen molar-refractivity contribution in [2.75, 3.05) is 18.9 Å². The van der Waals surface area contributed by atoms with Crippen molar-refractivity contribution >= 4 is 16.0 Å². The van der Waals surface area contributed by atoms with Gasteiger partial charge in [0.15, 0.2) is 11.6 Å². The van der Waals surface area contributed by atoms with Crippen LogP contribution >= 0.6 is 0 Å². The molecular formula is C24H27F3N8O5S. The number of rotatable bonds is 10. The molecule has 41 heavy (non-hydrogen) atoms. The molecule has 0 saturated carbocycles. The van der Waals surface area contributed by atoms with Crippen LogP contribution in [0.1, 0.15) is 25.2 Å². The Hall–Kier alpha value is -4.25. The average molecular weight is 597 g/mol. The number of sulfonamides is 1. The number of aromatic nitrogens is 7. The number of hydrogen-bond acceptors (Lipinski definition) is 10. The number of hydrogen-bond donors (Lipinski definition) is 2. The molecule has 13 nitrogen and oxygen atoms in total. The van der Waals surface area contributed by atoms with Crippen LogP contribution in [0.4, 0.5) is 19.1 Å². The highest BCUT2D eigenvalue weighted by atomic mass is 32.2. The quantitative estimate of drug-likeness (QED) is 0.279. The Morgan fingerprint density at radius 2 is 1.68 bits per heavy atom. The van der Waals surface area contributed by atoms with Gasteiger partial charge in [-0.3, -0.25) is 14.0 Å². The molecule has 0 aliphatic rings. The van der Waals surface area contributed by atoms with Crippen molar-refractivity contribution in [1.29, 1.82) is 0 Å². The summed E-state index contributed by atoms with van der Waals surface area (Å²) in [4.78, 5) is 7.15. The molecule has 0 radical (unpaired) electrons. The van der Waals surface area contributed by atoms with E-state index in [1.54, 1.807) is 35.1 Å². The molecule has 0 spiro atoms. The van der Waals surface area contributed by atoms with Crippen molar-refractivity contribution in [3.8, 4) is 28.7 Å². The lowest BCUT2D eigenvalue weighted by molar-refractivity contribution is -0.268. The fraction of sp³-hybridized carbons (Fsp3) is 0.375. The van der Waals surface area contributed by atoms with E-state index < -0.39 is 38.8 Å². The van der Waals surface area contributed by atoms with Crippen LogP contribution in [0.3, 0.4) is 0 Å². The summed E-state index contributed by atoms with van der Waals surface area (Å²) in [6.07, 6.45) is -1.74. The highest BCUT2D eigenvalue weighted by molar-refractivity contribution is 7.93. The maximum atomic E-state index is 14.3. The third-order valence-corrected chi connectivity index (χ3v) is 8.06. The molecule has 4 aromatic rings. The van der Waals surface area contributed by atoms with E-state index in [0.29, 0.717) is 19.0 Å². The second kappa shape index (κ2) is 11.0. The first-order valence-electron chi connectivity index (χ1n) is 12.1. The van der Waals surface area contributed by atoms with Crippen molar-refractivity contribution in [2.24, 2.45) is 0 Å². The second-order valence-electron chi connectivity index (χ2n) is 8.89. The summed E-state index contributed by atoms with van der Waals surface area (Å²) in [6.45, 7) is 4.58. The lowest BCUT2D eigenvalue weighted by Gasteiger charge is -2.33. The van der Waals surface area contributed by atoms with Crippen LogP contribution in [0.5, 0.6) is 11.5 Å². The van der Waals surface area contributed by atoms with Gasteiger partial charge in [-0.15, -0.1) is 10.2 Å². The summed E-state index contributed by atoms with van der Waals surface area (Å²) in [5, 5.41) is 20.7. The van der Waals surface area contributed by atoms with Gasteiger partial charge in [0.2, 0.25) is 21.6 Å². The number of aryl methyl sites for hydroxylation is 2. The normalized spacial score (nSPS) is 14.4. The number of aliphatic hydroxyl groups is 1. The lowest BCUT2D eigenvalue weighted by Crippen LogP contribution is -2.55. The van der Waals surface area contributed by atoms with Crippen molar-refractivity contribution in [3.05, 3.63) is 54.2 Å². The summed E-state index contributed by atoms with van der Waals surface area (Å²) < 4.78 is 85.8. The number of para-hydroxylation sites is 1. The van der Waals surface area contributed by atoms with Crippen molar-refractivity contribution in [1.82, 2.24) is 34.5 Å². The molecule has 220 valence electrons. The fourth-order valence-electron chi connectivity index (χ4n) is 4.01. The van der Waals surface area contributed by atoms with Gasteiger partial charge in [0.1, 0.15) is 28.1 Å². The zero-order valence-electron chi connectivity index (χ0n) is 22.6. The average Bonchev–Trinajstić information content (AvgIpc) is 3.58. The minimum Gasteiger partial charge on any atom is -0.494 e. The van der Waals surface area contributed by atoms with Gasteiger partial charge in [0.05, 0.1) is 14.2 Å². The van der Waals surface area contributed by atoms with E-state index in [-0.39, 0.29) is 28.7 Å². The van der Waals surface area contributed by atoms with E-state index in [9.17, 15) is 26.7 Å². The lowest BCUT2D eigenvalue weighted by atomic mass is 9.98. The molecule has 0 aliphatic heterocycles. The van der Waals surface area contributed by atoms with E-state index in [1.165, 1.54) is 25.7 Å². The molecular weight excluding hydrogens is 569 g/mol. The highest BCUT2D eigenvalue weighted by Crippen LogP contribution is 2.43. The standard InChI is InChI=1S/C24H27F3N8O5S/c1-6-34-11-10-16(32-34)20-30-31-22(35(20)19-17(39-4)8-7-9-18(19)40-5)33-41(37,38)15(3)23(36,24(25,26)27)21-28-12-14(2)13-29-21/h7-13,15,36H,6H2,1-5H3,(H,31,33)/t15-,23-/m0/s1. The molecule has 17 heteroatoms. The van der Waals surface area contributed by atoms with Crippen LogP contribution < -0.4 is 14.2 Å². The molecule has 0 unspecified atom stereocenters. The first-order valence-corrected chi connectivity index (χ1v) is 13.6. The summed E-state index contributed by atoms with van der Waals surface area (Å²) in [6, 6.07) is 6.34. The summed E-state index contributed by atoms with van der Waals surface area (Å²) in [5.74, 6) is -1.22. The largest absolute Gasteiger partial charge is 0.494 e. The Balaban J connectivity index is 1.90. The van der Waals surface area contributed by atoms with Crippen molar-refractivity contribution < 1.29 is 36.2 Å². The summed E-state index contributed by atoms with van der Waals surface area (Å²) in [5.41, 5.74) is -3.17. The predicted octanol–water partition coefficient (Wildman–Crippen LogP) is 2.85. The van der Waals surface area contributed by atoms with Crippen LogP contribution in [0.25, 0.3) is 17.2 Å². The summed E-state index contributed by atoms with van der Waals surface area (Å²) >= 11 is 0. The number of halogens is 3. The third-order valence-electron chi connectivity index (χ3n) is 6.32. The van der Waals surface area contributed by atoms with Gasteiger partial charge in [0, 0.05) is 25.1 Å². The van der Waals surface area contributed by atoms with Gasteiger partial charge in [-0.05, 0) is 44.5 Å². The molecule has 0 bridgehead atoms. The Labute approximate surface area is 233 Å². The molecule has 0 amide bonds. The molecule has 2 atom stereocenters. The molecule has 0 saturated heterocycles. The van der Waals surface area contributed by atoms with E-state index in [4.69, 9.17) is 9.47 Å². The van der Waals surface area contributed by atoms with Crippen LogP contribution in [0.2, 0.25) is 0 Å². The Bertz CT molecular complexity index is 1620. The monoisotopic (exact) mass is 596 g/mol. The molecule has 3 aromatic heterocycles. The molecule has 0 fully saturated rings. The predicted molar refractivity (Wildman–Crippen MR) is 140 cm³/mol. The number of nitrogens with one attached hydrogen (secondary N) is 1. The number of anilines is 1. The number of methoxy groups -OCH3 is 2. The van der Waals surface area contributed by atoms with E-state index in [1.807, 2.05) is 6.92 Å². The Morgan fingerprint density at radius 3 is 2.20 bits per heavy atom. The van der Waals surface area contributed by atoms with Crippen LogP contribution in [-0.4, -0.2) is 73.7 Å². The minimum absolute atomic E-state index is 0.0262. The SMILES string of the molecule is CCn1ccc(-c2nnc(NS(=O)(=O)[C@@H](C)[C@](O)(c3ncc(C)cn3)C(F)(F)F)n2-c2c(OC)cccc2OC)n1. The highest BCUT2D eigenvalue weighted by Gasteiger charge is 2.64. The van der Waals surface area contributed by atoms with E-state index in [0.717, 1.165) is 12.4 Å². The molecule has 3 heterocycles. The van der Waals surface area contributed by atoms with Gasteiger partial charge < -0.3 is 14.6 Å². The zero-order valence-corrected chi connectivity index (χ0v) is 23.4. The van der Waals surface area contributed by atoms with Gasteiger partial charge >= 0.3 is 6.18 Å². The minimum atomic E-state index is -5.48. The summed E-state index contributed by atoms with van der Waals surface area (Å²) in [7, 11) is -2.35. The van der Waals surface area contributed by atoms with E-state index >= 15 is 0 Å². The van der Waals surface area contributed by atoms with Gasteiger partial charge in [-0.1, -0.05) is 6.07 Å². The van der Waals surface area contributed by atoms with E-state index in [2.05, 4.69) is 30.0 Å². The topological polar surface area (TPSA) is 159 Å². The Morgan fingerprint density at radius 1 is 1.07 bits per heavy atom. The van der Waals surface area contributed by atoms with Crippen LogP contribution in [0.15, 0.2) is 42.9 Å². The number of alkyl halides is 3. The maximum absolute atomic E-state index is 14.3.